The fourth-order valence-corrected chi connectivity index (χ4v) is 3.35. The first kappa shape index (κ1) is 14.3. The minimum atomic E-state index is 0.198. The first-order valence-corrected chi connectivity index (χ1v) is 7.99. The van der Waals surface area contributed by atoms with Gasteiger partial charge in [-0.1, -0.05) is 26.8 Å². The van der Waals surface area contributed by atoms with Gasteiger partial charge in [0.1, 0.15) is 7.05 Å². The Morgan fingerprint density at radius 3 is 2.29 bits per heavy atom. The van der Waals surface area contributed by atoms with Gasteiger partial charge in [-0.25, -0.2) is 4.57 Å². The minimum Gasteiger partial charge on any atom is -0.201 e. The second kappa shape index (κ2) is 4.98. The van der Waals surface area contributed by atoms with Crippen LogP contribution >= 0.6 is 0 Å². The van der Waals surface area contributed by atoms with Crippen LogP contribution in [0.3, 0.4) is 0 Å². The quantitative estimate of drug-likeness (QED) is 0.687. The van der Waals surface area contributed by atoms with Gasteiger partial charge in [0.25, 0.3) is 0 Å². The highest BCUT2D eigenvalue weighted by Crippen LogP contribution is 2.30. The summed E-state index contributed by atoms with van der Waals surface area (Å²) < 4.78 is 2.28. The van der Waals surface area contributed by atoms with Crippen molar-refractivity contribution < 1.29 is 4.57 Å². The maximum atomic E-state index is 2.42. The molecule has 110 valence electrons. The first-order chi connectivity index (χ1) is 9.86. The number of nitrogens with zero attached hydrogens (tertiary/aromatic N) is 1. The van der Waals surface area contributed by atoms with Crippen molar-refractivity contribution in [2.24, 2.45) is 7.05 Å². The molecule has 0 saturated heterocycles. The molecular formula is C20H26N+. The Labute approximate surface area is 128 Å². The number of aromatic nitrogens is 1. The average Bonchev–Trinajstić information content (AvgIpc) is 2.84. The molecule has 0 saturated carbocycles. The largest absolute Gasteiger partial charge is 0.212 e. The van der Waals surface area contributed by atoms with Crippen molar-refractivity contribution in [2.45, 2.75) is 52.4 Å². The summed E-state index contributed by atoms with van der Waals surface area (Å²) in [7, 11) is 2.16. The Morgan fingerprint density at radius 2 is 1.67 bits per heavy atom. The van der Waals surface area contributed by atoms with Crippen LogP contribution in [-0.2, 0) is 25.3 Å². The highest BCUT2D eigenvalue weighted by atomic mass is 14.9. The fourth-order valence-electron chi connectivity index (χ4n) is 3.35. The molecule has 0 aliphatic heterocycles. The number of hydrogen-bond acceptors (Lipinski definition) is 0. The molecule has 1 aromatic heterocycles. The van der Waals surface area contributed by atoms with Gasteiger partial charge in [-0.15, -0.1) is 0 Å². The average molecular weight is 280 g/mol. The lowest BCUT2D eigenvalue weighted by atomic mass is 9.87. The summed E-state index contributed by atoms with van der Waals surface area (Å²) in [5.74, 6) is 0. The summed E-state index contributed by atoms with van der Waals surface area (Å²) >= 11 is 0. The van der Waals surface area contributed by atoms with Crippen molar-refractivity contribution in [1.82, 2.24) is 0 Å². The summed E-state index contributed by atoms with van der Waals surface area (Å²) in [6, 6.07) is 9.38. The van der Waals surface area contributed by atoms with Gasteiger partial charge < -0.3 is 0 Å². The summed E-state index contributed by atoms with van der Waals surface area (Å²) in [5, 5.41) is 0. The summed E-state index contributed by atoms with van der Waals surface area (Å²) in [6.45, 7) is 9.04. The molecule has 0 radical (unpaired) electrons. The van der Waals surface area contributed by atoms with E-state index in [0.717, 1.165) is 0 Å². The highest BCUT2D eigenvalue weighted by molar-refractivity contribution is 5.64. The van der Waals surface area contributed by atoms with Crippen molar-refractivity contribution in [3.63, 3.8) is 0 Å². The number of pyridine rings is 1. The Balaban J connectivity index is 2.09. The predicted molar refractivity (Wildman–Crippen MR) is 88.5 cm³/mol. The van der Waals surface area contributed by atoms with Gasteiger partial charge in [-0.3, -0.25) is 0 Å². The smallest absolute Gasteiger partial charge is 0.201 e. The molecule has 0 atom stereocenters. The zero-order valence-corrected chi connectivity index (χ0v) is 14.0. The molecule has 0 fully saturated rings. The van der Waals surface area contributed by atoms with E-state index >= 15 is 0 Å². The van der Waals surface area contributed by atoms with Gasteiger partial charge in [0, 0.05) is 17.2 Å². The third-order valence-electron chi connectivity index (χ3n) is 4.71. The maximum absolute atomic E-state index is 2.42. The third-order valence-corrected chi connectivity index (χ3v) is 4.71. The van der Waals surface area contributed by atoms with Crippen LogP contribution in [0.1, 0.15) is 49.4 Å². The SMILES string of the molecule is Cc1cc2c(cc1-c1ccc(C(C)(C)C)c[n+]1C)CCC2. The number of hydrogen-bond donors (Lipinski definition) is 0. The van der Waals surface area contributed by atoms with E-state index in [4.69, 9.17) is 0 Å². The van der Waals surface area contributed by atoms with Crippen molar-refractivity contribution in [3.8, 4) is 11.3 Å². The van der Waals surface area contributed by atoms with Crippen molar-refractivity contribution in [3.05, 3.63) is 52.7 Å². The molecule has 1 aromatic carbocycles. The van der Waals surface area contributed by atoms with Crippen LogP contribution in [0, 0.1) is 6.92 Å². The molecule has 1 aliphatic rings. The standard InChI is InChI=1S/C20H26N/c1-14-11-15-7-6-8-16(15)12-18(14)19-10-9-17(13-21(19)5)20(2,3)4/h9-13H,6-8H2,1-5H3/q+1. The summed E-state index contributed by atoms with van der Waals surface area (Å²) in [4.78, 5) is 0. The van der Waals surface area contributed by atoms with E-state index in [2.05, 4.69) is 69.8 Å². The highest BCUT2D eigenvalue weighted by Gasteiger charge is 2.21. The summed E-state index contributed by atoms with van der Waals surface area (Å²) in [5.41, 5.74) is 8.79. The van der Waals surface area contributed by atoms with E-state index in [0.29, 0.717) is 0 Å². The minimum absolute atomic E-state index is 0.198. The zero-order valence-electron chi connectivity index (χ0n) is 14.0. The molecule has 3 rings (SSSR count). The molecule has 1 nitrogen and oxygen atoms in total. The van der Waals surface area contributed by atoms with Gasteiger partial charge >= 0.3 is 0 Å². The van der Waals surface area contributed by atoms with E-state index < -0.39 is 0 Å². The van der Waals surface area contributed by atoms with E-state index in [9.17, 15) is 0 Å². The lowest BCUT2D eigenvalue weighted by Gasteiger charge is -2.17. The second-order valence-electron chi connectivity index (χ2n) is 7.45. The van der Waals surface area contributed by atoms with E-state index in [-0.39, 0.29) is 5.41 Å². The fraction of sp³-hybridized carbons (Fsp3) is 0.450. The number of rotatable bonds is 1. The molecular weight excluding hydrogens is 254 g/mol. The van der Waals surface area contributed by atoms with Crippen LogP contribution < -0.4 is 4.57 Å². The van der Waals surface area contributed by atoms with E-state index in [1.807, 2.05) is 0 Å². The molecule has 0 unspecified atom stereocenters. The number of fused-ring (bicyclic) bond motifs is 1. The third kappa shape index (κ3) is 2.62. The Morgan fingerprint density at radius 1 is 1.00 bits per heavy atom. The molecule has 21 heavy (non-hydrogen) atoms. The lowest BCUT2D eigenvalue weighted by molar-refractivity contribution is -0.661. The Kier molecular flexibility index (Phi) is 3.39. The molecule has 0 bridgehead atoms. The molecule has 1 heterocycles. The second-order valence-corrected chi connectivity index (χ2v) is 7.45. The Hall–Kier alpha value is -1.63. The Bertz CT molecular complexity index is 690. The van der Waals surface area contributed by atoms with Crippen LogP contribution in [0.15, 0.2) is 30.5 Å². The van der Waals surface area contributed by atoms with Gasteiger partial charge in [-0.2, -0.15) is 0 Å². The molecule has 0 N–H and O–H groups in total. The van der Waals surface area contributed by atoms with Gasteiger partial charge in [0.15, 0.2) is 6.20 Å². The molecule has 1 heteroatoms. The monoisotopic (exact) mass is 280 g/mol. The topological polar surface area (TPSA) is 3.88 Å². The van der Waals surface area contributed by atoms with Crippen LogP contribution in [0.2, 0.25) is 0 Å². The zero-order chi connectivity index (χ0) is 15.2. The van der Waals surface area contributed by atoms with Crippen LogP contribution in [0.5, 0.6) is 0 Å². The molecule has 1 aliphatic carbocycles. The van der Waals surface area contributed by atoms with Crippen molar-refractivity contribution in [2.75, 3.05) is 0 Å². The molecule has 0 spiro atoms. The van der Waals surface area contributed by atoms with Crippen LogP contribution in [0.4, 0.5) is 0 Å². The van der Waals surface area contributed by atoms with Crippen molar-refractivity contribution in [1.29, 1.82) is 0 Å². The van der Waals surface area contributed by atoms with Crippen molar-refractivity contribution >= 4 is 0 Å². The van der Waals surface area contributed by atoms with Crippen LogP contribution in [0.25, 0.3) is 11.3 Å². The molecule has 0 amide bonds. The van der Waals surface area contributed by atoms with Gasteiger partial charge in [-0.05, 0) is 60.4 Å². The first-order valence-electron chi connectivity index (χ1n) is 7.99. The normalized spacial score (nSPS) is 14.3. The molecule has 2 aromatic rings. The van der Waals surface area contributed by atoms with Crippen LogP contribution in [-0.4, -0.2) is 0 Å². The predicted octanol–water partition coefficient (Wildman–Crippen LogP) is 4.27. The van der Waals surface area contributed by atoms with Gasteiger partial charge in [0.05, 0.1) is 0 Å². The van der Waals surface area contributed by atoms with E-state index in [1.54, 1.807) is 11.1 Å². The lowest BCUT2D eigenvalue weighted by Crippen LogP contribution is -2.33. The maximum Gasteiger partial charge on any atom is 0.212 e. The van der Waals surface area contributed by atoms with Gasteiger partial charge in [0.2, 0.25) is 5.69 Å². The van der Waals surface area contributed by atoms with E-state index in [1.165, 1.54) is 41.6 Å². The number of benzene rings is 1. The number of aryl methyl sites for hydroxylation is 4. The summed E-state index contributed by atoms with van der Waals surface area (Å²) in [6.07, 6.45) is 6.09.